The molecule has 106 valence electrons. The molecule has 0 fully saturated rings. The van der Waals surface area contributed by atoms with Crippen LogP contribution < -0.4 is 10.5 Å². The molecule has 0 saturated heterocycles. The predicted molar refractivity (Wildman–Crippen MR) is 70.5 cm³/mol. The third kappa shape index (κ3) is 5.52. The summed E-state index contributed by atoms with van der Waals surface area (Å²) in [5.74, 6) is -0.0745. The van der Waals surface area contributed by atoms with Crippen LogP contribution in [0.5, 0.6) is 6.01 Å². The van der Waals surface area contributed by atoms with Crippen LogP contribution in [-0.2, 0) is 4.74 Å². The fourth-order valence-corrected chi connectivity index (χ4v) is 1.33. The Morgan fingerprint density at radius 2 is 2.16 bits per heavy atom. The molecule has 3 N–H and O–H groups in total. The average molecular weight is 268 g/mol. The zero-order chi connectivity index (χ0) is 14.1. The normalized spacial score (nSPS) is 11.6. The lowest BCUT2D eigenvalue weighted by molar-refractivity contribution is 0.0947. The van der Waals surface area contributed by atoms with Crippen molar-refractivity contribution in [3.8, 4) is 6.01 Å². The standard InChI is InChI=1S/C12H20N4O3/c1-3-4-5-18-6-7-19-12-14-9(2)8-10(15-12)11(13)16-17/h8,17H,3-7H2,1-2H3,(H2,13,16). The van der Waals surface area contributed by atoms with Gasteiger partial charge in [-0.1, -0.05) is 18.5 Å². The van der Waals surface area contributed by atoms with Gasteiger partial charge < -0.3 is 20.4 Å². The zero-order valence-corrected chi connectivity index (χ0v) is 11.3. The molecular formula is C12H20N4O3. The van der Waals surface area contributed by atoms with E-state index in [0.717, 1.165) is 19.4 Å². The highest BCUT2D eigenvalue weighted by Gasteiger charge is 2.07. The first-order chi connectivity index (χ1) is 9.17. The highest BCUT2D eigenvalue weighted by molar-refractivity contribution is 5.95. The third-order valence-corrected chi connectivity index (χ3v) is 2.30. The number of amidine groups is 1. The first kappa shape index (κ1) is 15.2. The summed E-state index contributed by atoms with van der Waals surface area (Å²) in [5.41, 5.74) is 6.48. The first-order valence-electron chi connectivity index (χ1n) is 6.21. The Balaban J connectivity index is 2.47. The summed E-state index contributed by atoms with van der Waals surface area (Å²) >= 11 is 0. The molecule has 1 heterocycles. The van der Waals surface area contributed by atoms with Gasteiger partial charge in [-0.15, -0.1) is 0 Å². The van der Waals surface area contributed by atoms with Gasteiger partial charge in [0.05, 0.1) is 6.61 Å². The second-order valence-electron chi connectivity index (χ2n) is 3.98. The summed E-state index contributed by atoms with van der Waals surface area (Å²) in [5, 5.41) is 11.5. The molecule has 0 amide bonds. The van der Waals surface area contributed by atoms with Gasteiger partial charge in [-0.25, -0.2) is 4.98 Å². The van der Waals surface area contributed by atoms with Gasteiger partial charge in [0.1, 0.15) is 12.3 Å². The van der Waals surface area contributed by atoms with Gasteiger partial charge in [0.15, 0.2) is 5.84 Å². The van der Waals surface area contributed by atoms with Crippen molar-refractivity contribution in [3.63, 3.8) is 0 Å². The number of nitrogens with zero attached hydrogens (tertiary/aromatic N) is 3. The van der Waals surface area contributed by atoms with Crippen molar-refractivity contribution in [2.45, 2.75) is 26.7 Å². The van der Waals surface area contributed by atoms with Gasteiger partial charge in [0.2, 0.25) is 0 Å². The molecule has 7 nitrogen and oxygen atoms in total. The van der Waals surface area contributed by atoms with Crippen molar-refractivity contribution in [1.82, 2.24) is 9.97 Å². The maximum atomic E-state index is 8.61. The van der Waals surface area contributed by atoms with E-state index in [4.69, 9.17) is 20.4 Å². The van der Waals surface area contributed by atoms with Crippen LogP contribution in [0.1, 0.15) is 31.2 Å². The molecule has 0 saturated carbocycles. The largest absolute Gasteiger partial charge is 0.461 e. The molecule has 1 aromatic rings. The maximum absolute atomic E-state index is 8.61. The van der Waals surface area contributed by atoms with Crippen molar-refractivity contribution < 1.29 is 14.7 Å². The monoisotopic (exact) mass is 268 g/mol. The molecule has 0 aliphatic rings. The second kappa shape index (κ2) is 8.25. The van der Waals surface area contributed by atoms with Crippen LogP contribution in [0, 0.1) is 6.92 Å². The van der Waals surface area contributed by atoms with E-state index < -0.39 is 0 Å². The summed E-state index contributed by atoms with van der Waals surface area (Å²) in [6.45, 7) is 5.46. The molecule has 0 atom stereocenters. The molecule has 7 heteroatoms. The highest BCUT2D eigenvalue weighted by Crippen LogP contribution is 2.06. The van der Waals surface area contributed by atoms with Crippen molar-refractivity contribution >= 4 is 5.84 Å². The number of hydrogen-bond acceptors (Lipinski definition) is 6. The molecule has 0 aliphatic heterocycles. The SMILES string of the molecule is CCCCOCCOc1nc(C)cc(/C(N)=N/O)n1. The van der Waals surface area contributed by atoms with E-state index in [1.165, 1.54) is 0 Å². The van der Waals surface area contributed by atoms with Crippen LogP contribution in [0.15, 0.2) is 11.2 Å². The minimum absolute atomic E-state index is 0.0745. The van der Waals surface area contributed by atoms with Crippen LogP contribution in [0.2, 0.25) is 0 Å². The van der Waals surface area contributed by atoms with Crippen molar-refractivity contribution in [2.75, 3.05) is 19.8 Å². The molecule has 0 unspecified atom stereocenters. The highest BCUT2D eigenvalue weighted by atomic mass is 16.5. The van der Waals surface area contributed by atoms with E-state index in [0.29, 0.717) is 24.6 Å². The fraction of sp³-hybridized carbons (Fsp3) is 0.583. The minimum atomic E-state index is -0.0745. The second-order valence-corrected chi connectivity index (χ2v) is 3.98. The molecule has 0 bridgehead atoms. The summed E-state index contributed by atoms with van der Waals surface area (Å²) in [6, 6.07) is 1.81. The molecule has 0 spiro atoms. The van der Waals surface area contributed by atoms with E-state index in [1.807, 2.05) is 0 Å². The summed E-state index contributed by atoms with van der Waals surface area (Å²) in [7, 11) is 0. The number of ether oxygens (including phenoxy) is 2. The Morgan fingerprint density at radius 1 is 1.37 bits per heavy atom. The van der Waals surface area contributed by atoms with Crippen molar-refractivity contribution in [3.05, 3.63) is 17.5 Å². The molecule has 19 heavy (non-hydrogen) atoms. The van der Waals surface area contributed by atoms with Crippen LogP contribution in [0.25, 0.3) is 0 Å². The summed E-state index contributed by atoms with van der Waals surface area (Å²) in [4.78, 5) is 8.14. The van der Waals surface area contributed by atoms with E-state index >= 15 is 0 Å². The summed E-state index contributed by atoms with van der Waals surface area (Å²) < 4.78 is 10.7. The van der Waals surface area contributed by atoms with Crippen LogP contribution >= 0.6 is 0 Å². The molecule has 1 rings (SSSR count). The Morgan fingerprint density at radius 3 is 2.84 bits per heavy atom. The van der Waals surface area contributed by atoms with Crippen molar-refractivity contribution in [2.24, 2.45) is 10.9 Å². The molecule has 0 aromatic carbocycles. The lowest BCUT2D eigenvalue weighted by atomic mass is 10.3. The Kier molecular flexibility index (Phi) is 6.59. The van der Waals surface area contributed by atoms with Gasteiger partial charge in [-0.05, 0) is 19.4 Å². The smallest absolute Gasteiger partial charge is 0.317 e. The van der Waals surface area contributed by atoms with Gasteiger partial charge in [-0.2, -0.15) is 4.98 Å². The van der Waals surface area contributed by atoms with E-state index in [2.05, 4.69) is 22.0 Å². The van der Waals surface area contributed by atoms with Crippen LogP contribution in [0.3, 0.4) is 0 Å². The zero-order valence-electron chi connectivity index (χ0n) is 11.3. The third-order valence-electron chi connectivity index (χ3n) is 2.30. The Hall–Kier alpha value is -1.89. The number of oxime groups is 1. The Bertz CT molecular complexity index is 423. The quantitative estimate of drug-likeness (QED) is 0.240. The molecule has 0 radical (unpaired) electrons. The minimum Gasteiger partial charge on any atom is -0.461 e. The number of nitrogens with two attached hydrogens (primary N) is 1. The van der Waals surface area contributed by atoms with Crippen LogP contribution in [0.4, 0.5) is 0 Å². The maximum Gasteiger partial charge on any atom is 0.317 e. The number of rotatable bonds is 8. The van der Waals surface area contributed by atoms with Gasteiger partial charge in [-0.3, -0.25) is 0 Å². The van der Waals surface area contributed by atoms with E-state index in [-0.39, 0.29) is 11.8 Å². The number of hydrogen-bond donors (Lipinski definition) is 2. The summed E-state index contributed by atoms with van der Waals surface area (Å²) in [6.07, 6.45) is 2.14. The molecule has 0 aliphatic carbocycles. The topological polar surface area (TPSA) is 103 Å². The number of unbranched alkanes of at least 4 members (excludes halogenated alkanes) is 1. The first-order valence-corrected chi connectivity index (χ1v) is 6.21. The van der Waals surface area contributed by atoms with Crippen molar-refractivity contribution in [1.29, 1.82) is 0 Å². The Labute approximate surface area is 112 Å². The number of aromatic nitrogens is 2. The van der Waals surface area contributed by atoms with Gasteiger partial charge in [0.25, 0.3) is 0 Å². The van der Waals surface area contributed by atoms with Gasteiger partial charge in [0, 0.05) is 12.3 Å². The molecular weight excluding hydrogens is 248 g/mol. The van der Waals surface area contributed by atoms with Crippen LogP contribution in [-0.4, -0.2) is 40.8 Å². The van der Waals surface area contributed by atoms with Gasteiger partial charge >= 0.3 is 6.01 Å². The lowest BCUT2D eigenvalue weighted by Crippen LogP contribution is -2.17. The predicted octanol–water partition coefficient (Wildman–Crippen LogP) is 1.08. The number of aryl methyl sites for hydroxylation is 1. The average Bonchev–Trinajstić information content (AvgIpc) is 2.41. The lowest BCUT2D eigenvalue weighted by Gasteiger charge is -2.07. The van der Waals surface area contributed by atoms with E-state index in [1.54, 1.807) is 13.0 Å². The van der Waals surface area contributed by atoms with E-state index in [9.17, 15) is 0 Å². The fourth-order valence-electron chi connectivity index (χ4n) is 1.33. The molecule has 1 aromatic heterocycles.